The van der Waals surface area contributed by atoms with Crippen molar-refractivity contribution in [3.8, 4) is 5.75 Å². The SMILES string of the molecule is COC(=O)C(C)(N)CCOc1cc(C)ccc1C(C)C. The van der Waals surface area contributed by atoms with Crippen LogP contribution in [-0.4, -0.2) is 25.2 Å². The second-order valence-electron chi connectivity index (χ2n) is 5.70. The van der Waals surface area contributed by atoms with Crippen LogP contribution in [0.25, 0.3) is 0 Å². The molecular formula is C16H25NO3. The first-order valence-electron chi connectivity index (χ1n) is 6.88. The molecule has 2 N–H and O–H groups in total. The largest absolute Gasteiger partial charge is 0.493 e. The second-order valence-corrected chi connectivity index (χ2v) is 5.70. The summed E-state index contributed by atoms with van der Waals surface area (Å²) in [4.78, 5) is 11.5. The number of ether oxygens (including phenoxy) is 2. The molecule has 1 aromatic rings. The molecule has 4 heteroatoms. The first-order valence-corrected chi connectivity index (χ1v) is 6.88. The van der Waals surface area contributed by atoms with Crippen LogP contribution in [0.1, 0.15) is 44.2 Å². The Balaban J connectivity index is 2.71. The Labute approximate surface area is 121 Å². The van der Waals surface area contributed by atoms with E-state index in [1.54, 1.807) is 6.92 Å². The van der Waals surface area contributed by atoms with Crippen LogP contribution < -0.4 is 10.5 Å². The summed E-state index contributed by atoms with van der Waals surface area (Å²) in [6.07, 6.45) is 0.408. The summed E-state index contributed by atoms with van der Waals surface area (Å²) in [5, 5.41) is 0. The number of aryl methyl sites for hydroxylation is 1. The van der Waals surface area contributed by atoms with Gasteiger partial charge in [-0.05, 0) is 37.0 Å². The molecule has 0 saturated heterocycles. The van der Waals surface area contributed by atoms with Gasteiger partial charge in [-0.15, -0.1) is 0 Å². The molecule has 0 fully saturated rings. The lowest BCUT2D eigenvalue weighted by molar-refractivity contribution is -0.146. The third kappa shape index (κ3) is 4.23. The molecule has 0 aliphatic heterocycles. The lowest BCUT2D eigenvalue weighted by Gasteiger charge is -2.22. The van der Waals surface area contributed by atoms with Crippen LogP contribution in [0.2, 0.25) is 0 Å². The van der Waals surface area contributed by atoms with Crippen LogP contribution in [0.3, 0.4) is 0 Å². The second kappa shape index (κ2) is 6.75. The van der Waals surface area contributed by atoms with Gasteiger partial charge >= 0.3 is 5.97 Å². The number of benzene rings is 1. The number of carbonyl (C=O) groups excluding carboxylic acids is 1. The van der Waals surface area contributed by atoms with Crippen molar-refractivity contribution in [2.45, 2.75) is 45.6 Å². The molecule has 0 heterocycles. The predicted octanol–water partition coefficient (Wildman–Crippen LogP) is 2.78. The maximum absolute atomic E-state index is 11.5. The topological polar surface area (TPSA) is 61.5 Å². The molecule has 0 spiro atoms. The van der Waals surface area contributed by atoms with Crippen molar-refractivity contribution in [1.29, 1.82) is 0 Å². The summed E-state index contributed by atoms with van der Waals surface area (Å²) < 4.78 is 10.5. The molecular weight excluding hydrogens is 254 g/mol. The third-order valence-electron chi connectivity index (χ3n) is 3.32. The van der Waals surface area contributed by atoms with Crippen LogP contribution in [0, 0.1) is 6.92 Å². The third-order valence-corrected chi connectivity index (χ3v) is 3.32. The number of rotatable bonds is 6. The molecule has 1 atom stereocenters. The van der Waals surface area contributed by atoms with Gasteiger partial charge in [0.2, 0.25) is 0 Å². The zero-order chi connectivity index (χ0) is 15.3. The zero-order valence-electron chi connectivity index (χ0n) is 13.0. The highest BCUT2D eigenvalue weighted by Crippen LogP contribution is 2.27. The van der Waals surface area contributed by atoms with Gasteiger partial charge in [0.1, 0.15) is 11.3 Å². The van der Waals surface area contributed by atoms with Crippen molar-refractivity contribution in [2.75, 3.05) is 13.7 Å². The maximum Gasteiger partial charge on any atom is 0.325 e. The minimum absolute atomic E-state index is 0.380. The standard InChI is InChI=1S/C16H25NO3/c1-11(2)13-7-6-12(3)10-14(13)20-9-8-16(4,17)15(18)19-5/h6-7,10-11H,8-9,17H2,1-5H3. The van der Waals surface area contributed by atoms with E-state index in [9.17, 15) is 4.79 Å². The summed E-state index contributed by atoms with van der Waals surface area (Å²) in [6, 6.07) is 6.17. The number of nitrogens with two attached hydrogens (primary N) is 1. The Morgan fingerprint density at radius 3 is 2.60 bits per heavy atom. The average molecular weight is 279 g/mol. The molecule has 1 rings (SSSR count). The van der Waals surface area contributed by atoms with Gasteiger partial charge in [-0.1, -0.05) is 26.0 Å². The van der Waals surface area contributed by atoms with Gasteiger partial charge in [0, 0.05) is 6.42 Å². The van der Waals surface area contributed by atoms with Crippen molar-refractivity contribution in [3.05, 3.63) is 29.3 Å². The highest BCUT2D eigenvalue weighted by molar-refractivity contribution is 5.79. The fraction of sp³-hybridized carbons (Fsp3) is 0.562. The molecule has 0 amide bonds. The van der Waals surface area contributed by atoms with E-state index >= 15 is 0 Å². The van der Waals surface area contributed by atoms with Gasteiger partial charge in [-0.3, -0.25) is 4.79 Å². The van der Waals surface area contributed by atoms with Gasteiger partial charge in [-0.25, -0.2) is 0 Å². The highest BCUT2D eigenvalue weighted by atomic mass is 16.5. The first kappa shape index (κ1) is 16.5. The normalized spacial score (nSPS) is 13.9. The summed E-state index contributed by atoms with van der Waals surface area (Å²) in [5.74, 6) is 0.825. The fourth-order valence-corrected chi connectivity index (χ4v) is 1.95. The quantitative estimate of drug-likeness (QED) is 0.813. The van der Waals surface area contributed by atoms with Gasteiger partial charge < -0.3 is 15.2 Å². The van der Waals surface area contributed by atoms with Gasteiger partial charge in [0.25, 0.3) is 0 Å². The summed E-state index contributed by atoms with van der Waals surface area (Å²) >= 11 is 0. The number of hydrogen-bond acceptors (Lipinski definition) is 4. The minimum atomic E-state index is -1.02. The van der Waals surface area contributed by atoms with Crippen molar-refractivity contribution in [1.82, 2.24) is 0 Å². The molecule has 0 aromatic heterocycles. The predicted molar refractivity (Wildman–Crippen MR) is 80.0 cm³/mol. The van der Waals surface area contributed by atoms with Crippen molar-refractivity contribution in [2.24, 2.45) is 5.73 Å². The average Bonchev–Trinajstić information content (AvgIpc) is 2.37. The first-order chi connectivity index (χ1) is 9.27. The maximum atomic E-state index is 11.5. The Morgan fingerprint density at radius 1 is 1.40 bits per heavy atom. The Hall–Kier alpha value is -1.55. The van der Waals surface area contributed by atoms with Crippen molar-refractivity contribution >= 4 is 5.97 Å². The van der Waals surface area contributed by atoms with Crippen molar-refractivity contribution in [3.63, 3.8) is 0 Å². The zero-order valence-corrected chi connectivity index (χ0v) is 13.0. The van der Waals surface area contributed by atoms with Crippen LogP contribution in [-0.2, 0) is 9.53 Å². The van der Waals surface area contributed by atoms with Crippen LogP contribution in [0.4, 0.5) is 0 Å². The van der Waals surface area contributed by atoms with E-state index in [0.717, 1.165) is 16.9 Å². The van der Waals surface area contributed by atoms with E-state index in [1.165, 1.54) is 7.11 Å². The van der Waals surface area contributed by atoms with E-state index in [-0.39, 0.29) is 0 Å². The van der Waals surface area contributed by atoms with E-state index in [2.05, 4.69) is 30.7 Å². The van der Waals surface area contributed by atoms with Crippen LogP contribution in [0.5, 0.6) is 5.75 Å². The van der Waals surface area contributed by atoms with Gasteiger partial charge in [0.05, 0.1) is 13.7 Å². The van der Waals surface area contributed by atoms with E-state index in [1.807, 2.05) is 13.0 Å². The summed E-state index contributed by atoms with van der Waals surface area (Å²) in [7, 11) is 1.34. The van der Waals surface area contributed by atoms with E-state index in [4.69, 9.17) is 10.5 Å². The molecule has 20 heavy (non-hydrogen) atoms. The lowest BCUT2D eigenvalue weighted by Crippen LogP contribution is -2.46. The molecule has 0 aliphatic rings. The van der Waals surface area contributed by atoms with Gasteiger partial charge in [-0.2, -0.15) is 0 Å². The molecule has 4 nitrogen and oxygen atoms in total. The molecule has 0 bridgehead atoms. The smallest absolute Gasteiger partial charge is 0.325 e. The molecule has 1 aromatic carbocycles. The Bertz CT molecular complexity index is 467. The molecule has 1 unspecified atom stereocenters. The summed E-state index contributed by atoms with van der Waals surface area (Å²) in [6.45, 7) is 8.31. The molecule has 0 saturated carbocycles. The van der Waals surface area contributed by atoms with Gasteiger partial charge in [0.15, 0.2) is 0 Å². The molecule has 0 aliphatic carbocycles. The number of esters is 1. The van der Waals surface area contributed by atoms with E-state index in [0.29, 0.717) is 18.9 Å². The van der Waals surface area contributed by atoms with E-state index < -0.39 is 11.5 Å². The van der Waals surface area contributed by atoms with Crippen LogP contribution in [0.15, 0.2) is 18.2 Å². The monoisotopic (exact) mass is 279 g/mol. The van der Waals surface area contributed by atoms with Crippen molar-refractivity contribution < 1.29 is 14.3 Å². The highest BCUT2D eigenvalue weighted by Gasteiger charge is 2.29. The Morgan fingerprint density at radius 2 is 2.05 bits per heavy atom. The number of carbonyl (C=O) groups is 1. The lowest BCUT2D eigenvalue weighted by atomic mass is 9.99. The van der Waals surface area contributed by atoms with Crippen LogP contribution >= 0.6 is 0 Å². The minimum Gasteiger partial charge on any atom is -0.493 e. The number of methoxy groups -OCH3 is 1. The molecule has 0 radical (unpaired) electrons. The number of hydrogen-bond donors (Lipinski definition) is 1. The fourth-order valence-electron chi connectivity index (χ4n) is 1.95. The summed E-state index contributed by atoms with van der Waals surface area (Å²) in [5.41, 5.74) is 7.20. The Kier molecular flexibility index (Phi) is 5.57. The molecule has 112 valence electrons.